The summed E-state index contributed by atoms with van der Waals surface area (Å²) >= 11 is 0. The highest BCUT2D eigenvalue weighted by atomic mass is 16.3. The third-order valence-corrected chi connectivity index (χ3v) is 8.04. The smallest absolute Gasteiger partial charge is 0.115 e. The van der Waals surface area contributed by atoms with Gasteiger partial charge in [-0.1, -0.05) is 60.7 Å². The van der Waals surface area contributed by atoms with Crippen molar-refractivity contribution in [3.63, 3.8) is 0 Å². The van der Waals surface area contributed by atoms with E-state index < -0.39 is 11.0 Å². The van der Waals surface area contributed by atoms with E-state index >= 15 is 0 Å². The van der Waals surface area contributed by atoms with Crippen molar-refractivity contribution in [3.8, 4) is 5.75 Å². The molecule has 3 N–H and O–H groups in total. The first kappa shape index (κ1) is 20.5. The van der Waals surface area contributed by atoms with Gasteiger partial charge < -0.3 is 20.1 Å². The number of aromatic hydroxyl groups is 1. The number of aliphatic hydroxyl groups is 1. The average Bonchev–Trinajstić information content (AvgIpc) is 3.18. The molecule has 2 aliphatic rings. The van der Waals surface area contributed by atoms with E-state index in [1.807, 2.05) is 12.1 Å². The maximum atomic E-state index is 12.4. The number of fused-ring (bicyclic) bond motifs is 4. The van der Waals surface area contributed by atoms with Crippen molar-refractivity contribution in [2.24, 2.45) is 0 Å². The van der Waals surface area contributed by atoms with Crippen LogP contribution in [-0.4, -0.2) is 45.3 Å². The van der Waals surface area contributed by atoms with E-state index in [1.165, 1.54) is 22.2 Å². The molecule has 0 amide bonds. The molecule has 4 nitrogen and oxygen atoms in total. The van der Waals surface area contributed by atoms with Crippen LogP contribution < -0.4 is 0 Å². The SMILES string of the molecule is Oc1cccc(C23CCN(CCc4ccccc4)CC2(O)Cc2c([nH]c4ccccc24)C3)c1. The van der Waals surface area contributed by atoms with Crippen LogP contribution in [-0.2, 0) is 24.7 Å². The van der Waals surface area contributed by atoms with Crippen molar-refractivity contribution in [2.45, 2.75) is 36.7 Å². The van der Waals surface area contributed by atoms with Gasteiger partial charge in [-0.3, -0.25) is 0 Å². The molecule has 0 saturated carbocycles. The summed E-state index contributed by atoms with van der Waals surface area (Å²) < 4.78 is 0. The summed E-state index contributed by atoms with van der Waals surface area (Å²) in [6.07, 6.45) is 3.21. The van der Waals surface area contributed by atoms with E-state index in [9.17, 15) is 10.2 Å². The van der Waals surface area contributed by atoms with Crippen LogP contribution in [0.1, 0.15) is 28.8 Å². The van der Waals surface area contributed by atoms with Crippen LogP contribution in [0.15, 0.2) is 78.9 Å². The molecule has 1 aromatic heterocycles. The maximum absolute atomic E-state index is 12.4. The number of H-pyrrole nitrogens is 1. The number of nitrogens with zero attached hydrogens (tertiary/aromatic N) is 1. The molecule has 3 aromatic carbocycles. The maximum Gasteiger partial charge on any atom is 0.115 e. The number of phenols is 1. The molecule has 168 valence electrons. The Kier molecular flexibility index (Phi) is 4.82. The number of β-amino-alcohol motifs (C(OH)–C–C–N with tert-alkyl or cyclic N) is 1. The molecule has 1 saturated heterocycles. The number of hydrogen-bond donors (Lipinski definition) is 3. The molecule has 4 aromatic rings. The van der Waals surface area contributed by atoms with Crippen molar-refractivity contribution in [3.05, 3.63) is 101 Å². The predicted octanol–water partition coefficient (Wildman–Crippen LogP) is 4.59. The van der Waals surface area contributed by atoms with Gasteiger partial charge >= 0.3 is 0 Å². The monoisotopic (exact) mass is 438 g/mol. The first-order chi connectivity index (χ1) is 16.1. The van der Waals surface area contributed by atoms with Crippen molar-refractivity contribution in [1.29, 1.82) is 0 Å². The Bertz CT molecular complexity index is 1300. The quantitative estimate of drug-likeness (QED) is 0.437. The number of piperidine rings is 1. The van der Waals surface area contributed by atoms with Crippen LogP contribution in [0.25, 0.3) is 10.9 Å². The molecular weight excluding hydrogens is 408 g/mol. The first-order valence-corrected chi connectivity index (χ1v) is 11.9. The number of nitrogens with one attached hydrogen (secondary N) is 1. The predicted molar refractivity (Wildman–Crippen MR) is 132 cm³/mol. The van der Waals surface area contributed by atoms with Gasteiger partial charge in [0, 0.05) is 47.9 Å². The zero-order chi connectivity index (χ0) is 22.5. The molecule has 1 fully saturated rings. The zero-order valence-corrected chi connectivity index (χ0v) is 18.8. The summed E-state index contributed by atoms with van der Waals surface area (Å²) in [5.41, 5.74) is 4.64. The van der Waals surface area contributed by atoms with Gasteiger partial charge in [0.25, 0.3) is 0 Å². The number of aromatic amines is 1. The molecule has 4 heteroatoms. The molecule has 1 aliphatic heterocycles. The molecule has 2 heterocycles. The molecule has 0 spiro atoms. The van der Waals surface area contributed by atoms with Gasteiger partial charge in [-0.2, -0.15) is 0 Å². The fourth-order valence-electron chi connectivity index (χ4n) is 6.30. The minimum absolute atomic E-state index is 0.262. The lowest BCUT2D eigenvalue weighted by molar-refractivity contribution is -0.102. The molecule has 0 radical (unpaired) electrons. The zero-order valence-electron chi connectivity index (χ0n) is 18.8. The van der Waals surface area contributed by atoms with Gasteiger partial charge in [0.05, 0.1) is 5.60 Å². The molecule has 2 unspecified atom stereocenters. The van der Waals surface area contributed by atoms with Gasteiger partial charge in [0.1, 0.15) is 5.75 Å². The van der Waals surface area contributed by atoms with E-state index in [-0.39, 0.29) is 5.75 Å². The molecule has 6 rings (SSSR count). The van der Waals surface area contributed by atoms with E-state index in [0.29, 0.717) is 13.0 Å². The van der Waals surface area contributed by atoms with Gasteiger partial charge in [0.2, 0.25) is 0 Å². The number of rotatable bonds is 4. The van der Waals surface area contributed by atoms with E-state index in [2.05, 4.69) is 70.5 Å². The molecular formula is C29H30N2O2. The minimum Gasteiger partial charge on any atom is -0.508 e. The number of phenolic OH excluding ortho intramolecular Hbond substituents is 1. The molecule has 2 atom stereocenters. The lowest BCUT2D eigenvalue weighted by Crippen LogP contribution is -2.66. The molecule has 33 heavy (non-hydrogen) atoms. The summed E-state index contributed by atoms with van der Waals surface area (Å²) in [6, 6.07) is 26.6. The fourth-order valence-corrected chi connectivity index (χ4v) is 6.30. The average molecular weight is 439 g/mol. The Hall–Kier alpha value is -3.08. The van der Waals surface area contributed by atoms with Crippen molar-refractivity contribution < 1.29 is 10.2 Å². The summed E-state index contributed by atoms with van der Waals surface area (Å²) in [7, 11) is 0. The Balaban J connectivity index is 1.39. The van der Waals surface area contributed by atoms with Crippen LogP contribution in [0.2, 0.25) is 0 Å². The summed E-state index contributed by atoms with van der Waals surface area (Å²) in [5, 5.41) is 23.9. The van der Waals surface area contributed by atoms with Crippen LogP contribution >= 0.6 is 0 Å². The van der Waals surface area contributed by atoms with Crippen molar-refractivity contribution in [2.75, 3.05) is 19.6 Å². The van der Waals surface area contributed by atoms with Crippen LogP contribution in [0, 0.1) is 0 Å². The number of aromatic nitrogens is 1. The van der Waals surface area contributed by atoms with Crippen molar-refractivity contribution >= 4 is 10.9 Å². The van der Waals surface area contributed by atoms with E-state index in [0.717, 1.165) is 43.4 Å². The summed E-state index contributed by atoms with van der Waals surface area (Å²) in [4.78, 5) is 6.07. The number of para-hydroxylation sites is 1. The second kappa shape index (κ2) is 7.75. The fraction of sp³-hybridized carbons (Fsp3) is 0.310. The van der Waals surface area contributed by atoms with E-state index in [1.54, 1.807) is 6.07 Å². The first-order valence-electron chi connectivity index (χ1n) is 11.9. The Morgan fingerprint density at radius 3 is 2.58 bits per heavy atom. The normalized spacial score (nSPS) is 25.0. The molecule has 1 aliphatic carbocycles. The minimum atomic E-state index is -0.909. The van der Waals surface area contributed by atoms with Crippen LogP contribution in [0.4, 0.5) is 0 Å². The largest absolute Gasteiger partial charge is 0.508 e. The number of likely N-dealkylation sites (tertiary alicyclic amines) is 1. The third-order valence-electron chi connectivity index (χ3n) is 8.04. The highest BCUT2D eigenvalue weighted by Gasteiger charge is 2.57. The van der Waals surface area contributed by atoms with Crippen molar-refractivity contribution in [1.82, 2.24) is 9.88 Å². The van der Waals surface area contributed by atoms with Gasteiger partial charge in [-0.25, -0.2) is 0 Å². The van der Waals surface area contributed by atoms with E-state index in [4.69, 9.17) is 0 Å². The second-order valence-electron chi connectivity index (χ2n) is 9.91. The lowest BCUT2D eigenvalue weighted by Gasteiger charge is -2.56. The summed E-state index contributed by atoms with van der Waals surface area (Å²) in [5.74, 6) is 0.262. The van der Waals surface area contributed by atoms with Crippen LogP contribution in [0.5, 0.6) is 5.75 Å². The Morgan fingerprint density at radius 2 is 1.73 bits per heavy atom. The Labute approximate surface area is 194 Å². The Morgan fingerprint density at radius 1 is 0.909 bits per heavy atom. The topological polar surface area (TPSA) is 59.5 Å². The number of benzene rings is 3. The van der Waals surface area contributed by atoms with Gasteiger partial charge in [-0.05, 0) is 54.3 Å². The van der Waals surface area contributed by atoms with Gasteiger partial charge in [-0.15, -0.1) is 0 Å². The molecule has 0 bridgehead atoms. The van der Waals surface area contributed by atoms with Gasteiger partial charge in [0.15, 0.2) is 0 Å². The highest BCUT2D eigenvalue weighted by Crippen LogP contribution is 2.51. The summed E-state index contributed by atoms with van der Waals surface area (Å²) in [6.45, 7) is 2.50. The lowest BCUT2D eigenvalue weighted by atomic mass is 9.56. The number of hydrogen-bond acceptors (Lipinski definition) is 3. The standard InChI is InChI=1S/C29H30N2O2/c32-23-10-6-9-22(17-23)28-14-16-31(15-13-21-7-2-1-3-8-21)20-29(28,33)18-25-24-11-4-5-12-26(24)30-27(25)19-28/h1-12,17,30,32-33H,13-16,18-20H2. The highest BCUT2D eigenvalue weighted by molar-refractivity contribution is 5.85. The second-order valence-corrected chi connectivity index (χ2v) is 9.91. The third kappa shape index (κ3) is 3.36. The van der Waals surface area contributed by atoms with Crippen LogP contribution in [0.3, 0.4) is 0 Å².